The minimum atomic E-state index is -1.28. The van der Waals surface area contributed by atoms with Crippen molar-refractivity contribution < 1.29 is 23.8 Å². The lowest BCUT2D eigenvalue weighted by atomic mass is 10.1. The normalized spacial score (nSPS) is 15.8. The van der Waals surface area contributed by atoms with Crippen molar-refractivity contribution in [2.45, 2.75) is 117 Å². The van der Waals surface area contributed by atoms with Gasteiger partial charge in [0, 0.05) is 44.7 Å². The highest BCUT2D eigenvalue weighted by molar-refractivity contribution is 6.76. The van der Waals surface area contributed by atoms with Crippen LogP contribution in [0.25, 0.3) is 33.9 Å². The molecule has 1 saturated heterocycles. The molecule has 4 aromatic rings. The highest BCUT2D eigenvalue weighted by Crippen LogP contribution is 2.35. The number of likely N-dealkylation sites (tertiary alicyclic amines) is 1. The molecule has 13 nitrogen and oxygen atoms in total. The third-order valence-electron chi connectivity index (χ3n) is 8.42. The molecule has 0 unspecified atom stereocenters. The molecule has 1 aliphatic heterocycles. The zero-order chi connectivity index (χ0) is 37.8. The summed E-state index contributed by atoms with van der Waals surface area (Å²) >= 11 is 0. The molecule has 0 aliphatic carbocycles. The van der Waals surface area contributed by atoms with Crippen LogP contribution in [0.1, 0.15) is 85.0 Å². The van der Waals surface area contributed by atoms with E-state index in [4.69, 9.17) is 29.2 Å². The van der Waals surface area contributed by atoms with Gasteiger partial charge in [-0.1, -0.05) is 43.9 Å². The van der Waals surface area contributed by atoms with Gasteiger partial charge >= 0.3 is 12.2 Å². The van der Waals surface area contributed by atoms with Crippen molar-refractivity contribution in [3.05, 3.63) is 60.7 Å². The molecule has 2 atom stereocenters. The first-order chi connectivity index (χ1) is 24.4. The smallest absolute Gasteiger partial charge is 0.410 e. The molecule has 2 N–H and O–H groups in total. The van der Waals surface area contributed by atoms with Crippen molar-refractivity contribution in [3.63, 3.8) is 0 Å². The van der Waals surface area contributed by atoms with Crippen molar-refractivity contribution in [1.82, 2.24) is 39.7 Å². The number of amides is 2. The fraction of sp³-hybridized carbons (Fsp3) is 0.526. The topological polar surface area (TPSA) is 149 Å². The third kappa shape index (κ3) is 10.3. The number of alkyl carbamates (subject to hydrolysis) is 1. The van der Waals surface area contributed by atoms with Crippen LogP contribution in [0, 0.1) is 0 Å². The molecule has 5 rings (SSSR count). The second kappa shape index (κ2) is 15.6. The number of nitrogens with zero attached hydrogens (tertiary/aromatic N) is 6. The monoisotopic (exact) mass is 730 g/mol. The maximum Gasteiger partial charge on any atom is 0.410 e. The molecule has 14 heteroatoms. The van der Waals surface area contributed by atoms with Crippen LogP contribution in [0.3, 0.4) is 0 Å². The number of nitrogens with one attached hydrogen (secondary N) is 2. The van der Waals surface area contributed by atoms with E-state index < -0.39 is 25.4 Å². The Bertz CT molecular complexity index is 1820. The molecule has 1 aromatic carbocycles. The number of ether oxygens (including phenoxy) is 3. The maximum atomic E-state index is 13.2. The Labute approximate surface area is 307 Å². The molecule has 2 amide bonds. The zero-order valence-corrected chi connectivity index (χ0v) is 33.2. The predicted octanol–water partition coefficient (Wildman–Crippen LogP) is 8.37. The highest BCUT2D eigenvalue weighted by Gasteiger charge is 2.36. The fourth-order valence-corrected chi connectivity index (χ4v) is 6.55. The van der Waals surface area contributed by atoms with Crippen LogP contribution < -0.4 is 5.32 Å². The quantitative estimate of drug-likeness (QED) is 0.115. The lowest BCUT2D eigenvalue weighted by Gasteiger charge is -2.29. The van der Waals surface area contributed by atoms with Crippen LogP contribution in [-0.4, -0.2) is 79.0 Å². The van der Waals surface area contributed by atoms with Crippen molar-refractivity contribution in [1.29, 1.82) is 0 Å². The average Bonchev–Trinajstić information content (AvgIpc) is 3.81. The van der Waals surface area contributed by atoms with E-state index in [0.29, 0.717) is 31.5 Å². The highest BCUT2D eigenvalue weighted by atomic mass is 28.3. The molecule has 1 aliphatic rings. The Hall–Kier alpha value is -4.56. The first kappa shape index (κ1) is 38.7. The maximum absolute atomic E-state index is 13.2. The number of imidazole rings is 2. The van der Waals surface area contributed by atoms with Crippen LogP contribution in [0.5, 0.6) is 0 Å². The van der Waals surface area contributed by atoms with Crippen LogP contribution in [0.2, 0.25) is 25.7 Å². The standard InChI is InChI=1S/C38H54N8O5Si/c1-25(43-35(47)50-37(2,3)4)32-41-22-29(44-32)26-13-15-27(16-14-26)33-39-20-28(21-40-33)31-23-42-34(46(31)24-49-18-19-52(8,9)10)30-12-11-17-45(30)36(48)51-38(5,6)7/h13-16,20-23,25,30H,11-12,17-19,24H2,1-10H3,(H,41,44)(H,43,47)/t25-,30+/m0/s1. The Balaban J connectivity index is 1.32. The van der Waals surface area contributed by atoms with Gasteiger partial charge in [-0.3, -0.25) is 4.90 Å². The van der Waals surface area contributed by atoms with Gasteiger partial charge in [-0.25, -0.2) is 29.5 Å². The molecule has 52 heavy (non-hydrogen) atoms. The van der Waals surface area contributed by atoms with E-state index in [9.17, 15) is 9.59 Å². The lowest BCUT2D eigenvalue weighted by Crippen LogP contribution is -2.37. The summed E-state index contributed by atoms with van der Waals surface area (Å²) in [5.41, 5.74) is 3.06. The predicted molar refractivity (Wildman–Crippen MR) is 203 cm³/mol. The van der Waals surface area contributed by atoms with Crippen LogP contribution >= 0.6 is 0 Å². The Morgan fingerprint density at radius 2 is 1.56 bits per heavy atom. The number of hydrogen-bond donors (Lipinski definition) is 2. The number of aromatic amines is 1. The van der Waals surface area contributed by atoms with E-state index in [0.717, 1.165) is 52.8 Å². The summed E-state index contributed by atoms with van der Waals surface area (Å²) in [4.78, 5) is 49.2. The molecule has 0 radical (unpaired) electrons. The zero-order valence-electron chi connectivity index (χ0n) is 32.2. The minimum Gasteiger partial charge on any atom is -0.444 e. The summed E-state index contributed by atoms with van der Waals surface area (Å²) < 4.78 is 19.4. The number of H-pyrrole nitrogens is 1. The van der Waals surface area contributed by atoms with Crippen molar-refractivity contribution in [3.8, 4) is 33.9 Å². The van der Waals surface area contributed by atoms with E-state index in [-0.39, 0.29) is 18.2 Å². The van der Waals surface area contributed by atoms with E-state index in [2.05, 4.69) is 34.9 Å². The number of benzene rings is 1. The third-order valence-corrected chi connectivity index (χ3v) is 10.1. The van der Waals surface area contributed by atoms with Gasteiger partial charge in [0.1, 0.15) is 29.6 Å². The first-order valence-corrected chi connectivity index (χ1v) is 21.7. The second-order valence-electron chi connectivity index (χ2n) is 16.5. The summed E-state index contributed by atoms with van der Waals surface area (Å²) in [6.45, 7) is 21.5. The fourth-order valence-electron chi connectivity index (χ4n) is 5.79. The second-order valence-corrected chi connectivity index (χ2v) is 22.2. The van der Waals surface area contributed by atoms with Crippen molar-refractivity contribution in [2.24, 2.45) is 0 Å². The van der Waals surface area contributed by atoms with Crippen LogP contribution in [0.15, 0.2) is 49.1 Å². The number of carbonyl (C=O) groups is 2. The van der Waals surface area contributed by atoms with Gasteiger partial charge in [-0.2, -0.15) is 0 Å². The number of hydrogen-bond acceptors (Lipinski definition) is 9. The van der Waals surface area contributed by atoms with E-state index >= 15 is 0 Å². The molecule has 1 fully saturated rings. The lowest BCUT2D eigenvalue weighted by molar-refractivity contribution is 0.0204. The van der Waals surface area contributed by atoms with Crippen LogP contribution in [-0.2, 0) is 20.9 Å². The van der Waals surface area contributed by atoms with Crippen molar-refractivity contribution >= 4 is 20.3 Å². The van der Waals surface area contributed by atoms with Gasteiger partial charge < -0.3 is 29.1 Å². The minimum absolute atomic E-state index is 0.224. The van der Waals surface area contributed by atoms with Gasteiger partial charge in [-0.05, 0) is 72.9 Å². The summed E-state index contributed by atoms with van der Waals surface area (Å²) in [7, 11) is -1.28. The first-order valence-electron chi connectivity index (χ1n) is 18.0. The van der Waals surface area contributed by atoms with Gasteiger partial charge in [0.2, 0.25) is 0 Å². The molecular formula is C38H54N8O5Si. The van der Waals surface area contributed by atoms with Crippen LogP contribution in [0.4, 0.5) is 9.59 Å². The van der Waals surface area contributed by atoms with Crippen molar-refractivity contribution in [2.75, 3.05) is 13.2 Å². The van der Waals surface area contributed by atoms with Gasteiger partial charge in [0.05, 0.1) is 35.9 Å². The number of aromatic nitrogens is 6. The Kier molecular flexibility index (Phi) is 11.6. The molecule has 3 aromatic heterocycles. The number of rotatable bonds is 11. The molecule has 0 bridgehead atoms. The molecule has 4 heterocycles. The largest absolute Gasteiger partial charge is 0.444 e. The Morgan fingerprint density at radius 1 is 0.904 bits per heavy atom. The molecule has 0 spiro atoms. The van der Waals surface area contributed by atoms with E-state index in [1.807, 2.05) is 83.5 Å². The Morgan fingerprint density at radius 3 is 2.19 bits per heavy atom. The summed E-state index contributed by atoms with van der Waals surface area (Å²) in [6, 6.07) is 8.35. The van der Waals surface area contributed by atoms with Gasteiger partial charge in [0.15, 0.2) is 5.82 Å². The molecule has 0 saturated carbocycles. The van der Waals surface area contributed by atoms with Gasteiger partial charge in [-0.15, -0.1) is 0 Å². The molecular weight excluding hydrogens is 677 g/mol. The summed E-state index contributed by atoms with van der Waals surface area (Å²) in [5.74, 6) is 1.97. The van der Waals surface area contributed by atoms with Gasteiger partial charge in [0.25, 0.3) is 0 Å². The van der Waals surface area contributed by atoms with E-state index in [1.54, 1.807) is 23.5 Å². The van der Waals surface area contributed by atoms with E-state index in [1.165, 1.54) is 0 Å². The molecule has 280 valence electrons. The summed E-state index contributed by atoms with van der Waals surface area (Å²) in [5, 5.41) is 2.81. The number of carbonyl (C=O) groups excluding carboxylic acids is 2. The SMILES string of the molecule is C[C@H](NC(=O)OC(C)(C)C)c1ncc(-c2ccc(-c3ncc(-c4cnc([C@H]5CCCN5C(=O)OC(C)(C)C)n4COCC[Si](C)(C)C)cn3)cc2)[nH]1. The average molecular weight is 731 g/mol. The summed E-state index contributed by atoms with van der Waals surface area (Å²) in [6.07, 6.45) is 7.99.